The highest BCUT2D eigenvalue weighted by Gasteiger charge is 2.17. The fraction of sp³-hybridized carbons (Fsp3) is 0.556. The summed E-state index contributed by atoms with van der Waals surface area (Å²) in [6.07, 6.45) is 10.7. The molecule has 2 heteroatoms. The Bertz CT molecular complexity index is 441. The largest absolute Gasteiger partial charge is 0.481 e. The van der Waals surface area contributed by atoms with Crippen molar-refractivity contribution in [2.75, 3.05) is 13.2 Å². The van der Waals surface area contributed by atoms with Crippen molar-refractivity contribution >= 4 is 0 Å². The lowest BCUT2D eigenvalue weighted by molar-refractivity contribution is 0.281. The van der Waals surface area contributed by atoms with E-state index in [0.29, 0.717) is 6.61 Å². The standard InChI is InChI=1S/C18H25NO/c1-3-12-20-18-7-5-4-6-17(18)14-19-13-16-10-8-15(2)9-11-16/h1,4-7,15-16,19H,8-14H2,2H3. The zero-order valence-electron chi connectivity index (χ0n) is 12.4. The minimum Gasteiger partial charge on any atom is -0.481 e. The number of terminal acetylenes is 1. The van der Waals surface area contributed by atoms with E-state index in [1.54, 1.807) is 0 Å². The molecule has 108 valence electrons. The molecule has 0 bridgehead atoms. The number of benzene rings is 1. The van der Waals surface area contributed by atoms with Crippen molar-refractivity contribution in [2.45, 2.75) is 39.2 Å². The van der Waals surface area contributed by atoms with Crippen molar-refractivity contribution in [1.29, 1.82) is 0 Å². The first kappa shape index (κ1) is 14.9. The van der Waals surface area contributed by atoms with E-state index in [4.69, 9.17) is 11.2 Å². The molecule has 0 spiro atoms. The van der Waals surface area contributed by atoms with Gasteiger partial charge in [-0.05, 0) is 37.3 Å². The number of hydrogen-bond donors (Lipinski definition) is 1. The molecular formula is C18H25NO. The first-order valence-corrected chi connectivity index (χ1v) is 7.64. The summed E-state index contributed by atoms with van der Waals surface area (Å²) in [4.78, 5) is 0. The summed E-state index contributed by atoms with van der Waals surface area (Å²) in [7, 11) is 0. The van der Waals surface area contributed by atoms with Crippen LogP contribution in [0.15, 0.2) is 24.3 Å². The Labute approximate surface area is 122 Å². The first-order valence-electron chi connectivity index (χ1n) is 7.64. The summed E-state index contributed by atoms with van der Waals surface area (Å²) in [6.45, 7) is 4.66. The Kier molecular flexibility index (Phi) is 5.95. The lowest BCUT2D eigenvalue weighted by Gasteiger charge is -2.26. The van der Waals surface area contributed by atoms with Crippen LogP contribution in [0.5, 0.6) is 5.75 Å². The van der Waals surface area contributed by atoms with Crippen LogP contribution in [0, 0.1) is 24.2 Å². The van der Waals surface area contributed by atoms with Crippen LogP contribution in [-0.4, -0.2) is 13.2 Å². The molecule has 0 aromatic heterocycles. The molecule has 1 aromatic carbocycles. The van der Waals surface area contributed by atoms with Crippen LogP contribution in [0.25, 0.3) is 0 Å². The van der Waals surface area contributed by atoms with Gasteiger partial charge in [0.2, 0.25) is 0 Å². The third-order valence-corrected chi connectivity index (χ3v) is 4.17. The second kappa shape index (κ2) is 7.97. The lowest BCUT2D eigenvalue weighted by atomic mass is 9.83. The molecule has 1 aliphatic rings. The molecule has 0 aliphatic heterocycles. The number of ether oxygens (including phenoxy) is 1. The lowest BCUT2D eigenvalue weighted by Crippen LogP contribution is -2.25. The van der Waals surface area contributed by atoms with E-state index < -0.39 is 0 Å². The summed E-state index contributed by atoms with van der Waals surface area (Å²) in [6, 6.07) is 8.11. The second-order valence-electron chi connectivity index (χ2n) is 5.86. The van der Waals surface area contributed by atoms with Crippen molar-refractivity contribution in [3.05, 3.63) is 29.8 Å². The van der Waals surface area contributed by atoms with E-state index in [2.05, 4.69) is 24.2 Å². The van der Waals surface area contributed by atoms with Crippen LogP contribution in [0.4, 0.5) is 0 Å². The van der Waals surface area contributed by atoms with Crippen LogP contribution >= 0.6 is 0 Å². The van der Waals surface area contributed by atoms with Gasteiger partial charge in [-0.1, -0.05) is 43.9 Å². The summed E-state index contributed by atoms with van der Waals surface area (Å²) in [5.74, 6) is 5.17. The molecule has 1 N–H and O–H groups in total. The van der Waals surface area contributed by atoms with Gasteiger partial charge in [-0.25, -0.2) is 0 Å². The van der Waals surface area contributed by atoms with E-state index >= 15 is 0 Å². The maximum atomic E-state index is 5.57. The van der Waals surface area contributed by atoms with Crippen LogP contribution in [0.2, 0.25) is 0 Å². The van der Waals surface area contributed by atoms with Crippen LogP contribution < -0.4 is 10.1 Å². The summed E-state index contributed by atoms with van der Waals surface area (Å²) in [5, 5.41) is 3.57. The first-order chi connectivity index (χ1) is 9.79. The number of hydrogen-bond acceptors (Lipinski definition) is 2. The molecule has 0 heterocycles. The molecule has 1 aliphatic carbocycles. The van der Waals surface area contributed by atoms with Gasteiger partial charge in [0, 0.05) is 12.1 Å². The fourth-order valence-electron chi connectivity index (χ4n) is 2.85. The molecule has 0 atom stereocenters. The van der Waals surface area contributed by atoms with E-state index in [1.807, 2.05) is 18.2 Å². The maximum Gasteiger partial charge on any atom is 0.148 e. The van der Waals surface area contributed by atoms with Gasteiger partial charge in [0.05, 0.1) is 0 Å². The molecule has 0 saturated heterocycles. The monoisotopic (exact) mass is 271 g/mol. The van der Waals surface area contributed by atoms with E-state index in [9.17, 15) is 0 Å². The molecule has 0 radical (unpaired) electrons. The fourth-order valence-corrected chi connectivity index (χ4v) is 2.85. The Morgan fingerprint density at radius 1 is 1.25 bits per heavy atom. The number of nitrogens with one attached hydrogen (secondary N) is 1. The van der Waals surface area contributed by atoms with Gasteiger partial charge in [0.25, 0.3) is 0 Å². The highest BCUT2D eigenvalue weighted by molar-refractivity contribution is 5.33. The zero-order chi connectivity index (χ0) is 14.2. The topological polar surface area (TPSA) is 21.3 Å². The van der Waals surface area contributed by atoms with E-state index in [1.165, 1.54) is 31.2 Å². The summed E-state index contributed by atoms with van der Waals surface area (Å²) < 4.78 is 5.57. The number of para-hydroxylation sites is 1. The molecule has 1 fully saturated rings. The Morgan fingerprint density at radius 2 is 2.00 bits per heavy atom. The molecular weight excluding hydrogens is 246 g/mol. The molecule has 20 heavy (non-hydrogen) atoms. The van der Waals surface area contributed by atoms with Gasteiger partial charge < -0.3 is 10.1 Å². The third kappa shape index (κ3) is 4.58. The minimum atomic E-state index is 0.331. The average molecular weight is 271 g/mol. The minimum absolute atomic E-state index is 0.331. The SMILES string of the molecule is C#CCOc1ccccc1CNCC1CCC(C)CC1. The molecule has 1 aromatic rings. The maximum absolute atomic E-state index is 5.57. The molecule has 0 unspecified atom stereocenters. The molecule has 2 nitrogen and oxygen atoms in total. The predicted octanol–water partition coefficient (Wildman–Crippen LogP) is 3.61. The average Bonchev–Trinajstić information content (AvgIpc) is 2.48. The van der Waals surface area contributed by atoms with Crippen molar-refractivity contribution < 1.29 is 4.74 Å². The van der Waals surface area contributed by atoms with Gasteiger partial charge in [0.15, 0.2) is 0 Å². The van der Waals surface area contributed by atoms with Crippen LogP contribution in [0.3, 0.4) is 0 Å². The van der Waals surface area contributed by atoms with Crippen LogP contribution in [-0.2, 0) is 6.54 Å². The normalized spacial score (nSPS) is 22.2. The van der Waals surface area contributed by atoms with Gasteiger partial charge in [-0.3, -0.25) is 0 Å². The van der Waals surface area contributed by atoms with Gasteiger partial charge in [-0.2, -0.15) is 0 Å². The highest BCUT2D eigenvalue weighted by atomic mass is 16.5. The number of rotatable bonds is 6. The quantitative estimate of drug-likeness (QED) is 0.798. The Morgan fingerprint density at radius 3 is 2.75 bits per heavy atom. The smallest absolute Gasteiger partial charge is 0.148 e. The summed E-state index contributed by atoms with van der Waals surface area (Å²) in [5.41, 5.74) is 1.19. The van der Waals surface area contributed by atoms with Crippen molar-refractivity contribution in [3.8, 4) is 18.1 Å². The second-order valence-corrected chi connectivity index (χ2v) is 5.86. The van der Waals surface area contributed by atoms with Crippen molar-refractivity contribution in [1.82, 2.24) is 5.32 Å². The summed E-state index contributed by atoms with van der Waals surface area (Å²) >= 11 is 0. The van der Waals surface area contributed by atoms with Gasteiger partial charge >= 0.3 is 0 Å². The Balaban J connectivity index is 1.77. The third-order valence-electron chi connectivity index (χ3n) is 4.17. The zero-order valence-corrected chi connectivity index (χ0v) is 12.4. The highest BCUT2D eigenvalue weighted by Crippen LogP contribution is 2.27. The van der Waals surface area contributed by atoms with Gasteiger partial charge in [-0.15, -0.1) is 6.42 Å². The van der Waals surface area contributed by atoms with Crippen LogP contribution in [0.1, 0.15) is 38.2 Å². The van der Waals surface area contributed by atoms with E-state index in [-0.39, 0.29) is 0 Å². The predicted molar refractivity (Wildman–Crippen MR) is 83.6 cm³/mol. The van der Waals surface area contributed by atoms with Crippen molar-refractivity contribution in [3.63, 3.8) is 0 Å². The van der Waals surface area contributed by atoms with E-state index in [0.717, 1.165) is 30.7 Å². The molecule has 0 amide bonds. The molecule has 1 saturated carbocycles. The van der Waals surface area contributed by atoms with Crippen molar-refractivity contribution in [2.24, 2.45) is 11.8 Å². The Hall–Kier alpha value is -1.46. The molecule has 2 rings (SSSR count). The van der Waals surface area contributed by atoms with Gasteiger partial charge in [0.1, 0.15) is 12.4 Å².